The maximum atomic E-state index is 5.73. The molecular weight excluding hydrogens is 264 g/mol. The molecule has 1 aromatic carbocycles. The van der Waals surface area contributed by atoms with Gasteiger partial charge in [0.25, 0.3) is 0 Å². The number of rotatable bonds is 4. The van der Waals surface area contributed by atoms with E-state index in [1.54, 1.807) is 6.20 Å². The molecule has 0 spiro atoms. The molecule has 0 fully saturated rings. The minimum Gasteiger partial charge on any atom is -0.399 e. The molecule has 0 aliphatic rings. The Morgan fingerprint density at radius 3 is 2.67 bits per heavy atom. The lowest BCUT2D eigenvalue weighted by atomic mass is 10.2. The van der Waals surface area contributed by atoms with Crippen molar-refractivity contribution in [2.75, 3.05) is 17.2 Å². The van der Waals surface area contributed by atoms with E-state index in [-0.39, 0.29) is 0 Å². The van der Waals surface area contributed by atoms with Crippen LogP contribution in [0.1, 0.15) is 18.3 Å². The summed E-state index contributed by atoms with van der Waals surface area (Å²) >= 11 is 0. The van der Waals surface area contributed by atoms with Crippen LogP contribution in [0, 0.1) is 6.92 Å². The van der Waals surface area contributed by atoms with Crippen LogP contribution in [-0.4, -0.2) is 26.1 Å². The Labute approximate surface area is 123 Å². The van der Waals surface area contributed by atoms with E-state index in [1.165, 1.54) is 5.56 Å². The number of nitrogen functional groups attached to an aromatic ring is 1. The van der Waals surface area contributed by atoms with Gasteiger partial charge in [-0.1, -0.05) is 12.1 Å². The third kappa shape index (κ3) is 2.52. The summed E-state index contributed by atoms with van der Waals surface area (Å²) in [4.78, 5) is 6.66. The molecule has 0 unspecified atom stereocenters. The van der Waals surface area contributed by atoms with Gasteiger partial charge in [0.05, 0.1) is 0 Å². The van der Waals surface area contributed by atoms with Crippen LogP contribution in [0.15, 0.2) is 36.7 Å². The molecule has 3 rings (SSSR count). The second-order valence-corrected chi connectivity index (χ2v) is 4.95. The van der Waals surface area contributed by atoms with Gasteiger partial charge < -0.3 is 10.6 Å². The summed E-state index contributed by atoms with van der Waals surface area (Å²) in [6.45, 7) is 5.63. The molecule has 6 nitrogen and oxygen atoms in total. The summed E-state index contributed by atoms with van der Waals surface area (Å²) in [5.74, 6) is 1.70. The first-order valence-electron chi connectivity index (χ1n) is 6.94. The van der Waals surface area contributed by atoms with Crippen molar-refractivity contribution in [3.8, 4) is 0 Å². The van der Waals surface area contributed by atoms with Crippen molar-refractivity contribution in [2.24, 2.45) is 0 Å². The minimum absolute atomic E-state index is 0.759. The number of hydrogen-bond acceptors (Lipinski definition) is 5. The Hall–Kier alpha value is -2.63. The zero-order valence-corrected chi connectivity index (χ0v) is 12.2. The fourth-order valence-electron chi connectivity index (χ4n) is 2.33. The van der Waals surface area contributed by atoms with E-state index in [2.05, 4.69) is 27.0 Å². The first kappa shape index (κ1) is 13.4. The second kappa shape index (κ2) is 5.40. The third-order valence-electron chi connectivity index (χ3n) is 3.51. The molecule has 0 atom stereocenters. The van der Waals surface area contributed by atoms with Gasteiger partial charge in [0.15, 0.2) is 5.82 Å². The van der Waals surface area contributed by atoms with Crippen LogP contribution in [0.3, 0.4) is 0 Å². The molecule has 108 valence electrons. The van der Waals surface area contributed by atoms with Gasteiger partial charge in [-0.2, -0.15) is 0 Å². The predicted molar refractivity (Wildman–Crippen MR) is 83.1 cm³/mol. The van der Waals surface area contributed by atoms with E-state index in [1.807, 2.05) is 41.8 Å². The standard InChI is InChI=1S/C15H18N6/c1-3-20(10-12-4-6-13(16)7-5-12)14-15-19-18-11(2)21(15)9-8-17-14/h4-9H,3,10,16H2,1-2H3. The topological polar surface area (TPSA) is 72.3 Å². The second-order valence-electron chi connectivity index (χ2n) is 4.95. The molecule has 0 amide bonds. The Kier molecular flexibility index (Phi) is 3.43. The number of hydrogen-bond donors (Lipinski definition) is 1. The van der Waals surface area contributed by atoms with E-state index in [0.29, 0.717) is 0 Å². The van der Waals surface area contributed by atoms with Gasteiger partial charge in [0, 0.05) is 31.2 Å². The van der Waals surface area contributed by atoms with Crippen molar-refractivity contribution in [3.63, 3.8) is 0 Å². The quantitative estimate of drug-likeness (QED) is 0.741. The average molecular weight is 282 g/mol. The van der Waals surface area contributed by atoms with Crippen LogP contribution in [0.4, 0.5) is 11.5 Å². The number of nitrogens with two attached hydrogens (primary N) is 1. The highest BCUT2D eigenvalue weighted by Crippen LogP contribution is 2.20. The first-order chi connectivity index (χ1) is 10.2. The maximum Gasteiger partial charge on any atom is 0.203 e. The molecule has 6 heteroatoms. The Morgan fingerprint density at radius 2 is 1.95 bits per heavy atom. The largest absolute Gasteiger partial charge is 0.399 e. The van der Waals surface area contributed by atoms with Crippen molar-refractivity contribution < 1.29 is 0 Å². The van der Waals surface area contributed by atoms with Gasteiger partial charge in [-0.3, -0.25) is 4.40 Å². The molecule has 2 aromatic heterocycles. The van der Waals surface area contributed by atoms with Crippen LogP contribution < -0.4 is 10.6 Å². The molecule has 0 aliphatic heterocycles. The minimum atomic E-state index is 0.759. The molecule has 0 bridgehead atoms. The van der Waals surface area contributed by atoms with Gasteiger partial charge in [-0.05, 0) is 31.5 Å². The summed E-state index contributed by atoms with van der Waals surface area (Å²) in [5, 5.41) is 8.35. The van der Waals surface area contributed by atoms with Crippen molar-refractivity contribution in [2.45, 2.75) is 20.4 Å². The summed E-state index contributed by atoms with van der Waals surface area (Å²) in [7, 11) is 0. The summed E-state index contributed by atoms with van der Waals surface area (Å²) in [6.07, 6.45) is 3.66. The van der Waals surface area contributed by atoms with Crippen molar-refractivity contribution >= 4 is 17.2 Å². The molecule has 21 heavy (non-hydrogen) atoms. The fraction of sp³-hybridized carbons (Fsp3) is 0.267. The van der Waals surface area contributed by atoms with E-state index < -0.39 is 0 Å². The van der Waals surface area contributed by atoms with E-state index in [9.17, 15) is 0 Å². The average Bonchev–Trinajstić information content (AvgIpc) is 2.89. The SMILES string of the molecule is CCN(Cc1ccc(N)cc1)c1nccn2c(C)nnc12. The first-order valence-corrected chi connectivity index (χ1v) is 6.94. The predicted octanol–water partition coefficient (Wildman–Crippen LogP) is 2.04. The maximum absolute atomic E-state index is 5.73. The number of aromatic nitrogens is 4. The molecule has 0 aliphatic carbocycles. The number of benzene rings is 1. The van der Waals surface area contributed by atoms with Crippen LogP contribution in [-0.2, 0) is 6.54 Å². The Morgan fingerprint density at radius 1 is 1.19 bits per heavy atom. The van der Waals surface area contributed by atoms with Gasteiger partial charge in [0.2, 0.25) is 5.65 Å². The molecule has 0 radical (unpaired) electrons. The zero-order chi connectivity index (χ0) is 14.8. The van der Waals surface area contributed by atoms with E-state index >= 15 is 0 Å². The summed E-state index contributed by atoms with van der Waals surface area (Å²) in [5.41, 5.74) is 8.47. The molecule has 3 aromatic rings. The van der Waals surface area contributed by atoms with Crippen LogP contribution >= 0.6 is 0 Å². The zero-order valence-electron chi connectivity index (χ0n) is 12.2. The van der Waals surface area contributed by atoms with Gasteiger partial charge >= 0.3 is 0 Å². The third-order valence-corrected chi connectivity index (χ3v) is 3.51. The number of nitrogens with zero attached hydrogens (tertiary/aromatic N) is 5. The Balaban J connectivity index is 1.96. The molecular formula is C15H18N6. The van der Waals surface area contributed by atoms with Crippen molar-refractivity contribution in [1.82, 2.24) is 19.6 Å². The highest BCUT2D eigenvalue weighted by atomic mass is 15.3. The normalized spacial score (nSPS) is 11.0. The smallest absolute Gasteiger partial charge is 0.203 e. The monoisotopic (exact) mass is 282 g/mol. The number of anilines is 2. The van der Waals surface area contributed by atoms with Gasteiger partial charge in [-0.15, -0.1) is 10.2 Å². The van der Waals surface area contributed by atoms with Crippen molar-refractivity contribution in [3.05, 3.63) is 48.0 Å². The lowest BCUT2D eigenvalue weighted by molar-refractivity contribution is 0.811. The fourth-order valence-corrected chi connectivity index (χ4v) is 2.33. The number of fused-ring (bicyclic) bond motifs is 1. The van der Waals surface area contributed by atoms with Gasteiger partial charge in [0.1, 0.15) is 5.82 Å². The summed E-state index contributed by atoms with van der Waals surface area (Å²) < 4.78 is 1.95. The Bertz CT molecular complexity index is 746. The van der Waals surface area contributed by atoms with Crippen molar-refractivity contribution in [1.29, 1.82) is 0 Å². The van der Waals surface area contributed by atoms with E-state index in [0.717, 1.165) is 36.1 Å². The van der Waals surface area contributed by atoms with Crippen LogP contribution in [0.5, 0.6) is 0 Å². The van der Waals surface area contributed by atoms with E-state index in [4.69, 9.17) is 5.73 Å². The molecule has 0 saturated heterocycles. The van der Waals surface area contributed by atoms with Gasteiger partial charge in [-0.25, -0.2) is 4.98 Å². The van der Waals surface area contributed by atoms with Crippen LogP contribution in [0.2, 0.25) is 0 Å². The molecule has 2 N–H and O–H groups in total. The number of aryl methyl sites for hydroxylation is 1. The van der Waals surface area contributed by atoms with Crippen LogP contribution in [0.25, 0.3) is 5.65 Å². The lowest BCUT2D eigenvalue weighted by Crippen LogP contribution is -2.24. The lowest BCUT2D eigenvalue weighted by Gasteiger charge is -2.22. The molecule has 0 saturated carbocycles. The molecule has 2 heterocycles. The highest BCUT2D eigenvalue weighted by molar-refractivity contribution is 5.63. The summed E-state index contributed by atoms with van der Waals surface area (Å²) in [6, 6.07) is 7.90. The highest BCUT2D eigenvalue weighted by Gasteiger charge is 2.14.